The molecule has 0 heterocycles. The molecule has 0 spiro atoms. The van der Waals surface area contributed by atoms with Crippen LogP contribution in [0.25, 0.3) is 22.9 Å². The van der Waals surface area contributed by atoms with Crippen molar-refractivity contribution in [3.63, 3.8) is 0 Å². The number of hydrogen-bond acceptors (Lipinski definition) is 0. The van der Waals surface area contributed by atoms with E-state index < -0.39 is 7.92 Å². The Kier molecular flexibility index (Phi) is 10.7. The molecule has 216 valence electrons. The van der Waals surface area contributed by atoms with Crippen molar-refractivity contribution in [3.05, 3.63) is 142 Å². The minimum Gasteiger partial charge on any atom is -0.288 e. The smallest absolute Gasteiger partial charge is 0.288 e. The molecule has 0 fully saturated rings. The summed E-state index contributed by atoms with van der Waals surface area (Å²) in [7, 11) is -1.10. The van der Waals surface area contributed by atoms with Gasteiger partial charge in [-0.15, -0.1) is 30.0 Å². The van der Waals surface area contributed by atoms with Crippen molar-refractivity contribution >= 4 is 49.4 Å². The van der Waals surface area contributed by atoms with Crippen molar-refractivity contribution in [3.8, 4) is 0 Å². The summed E-state index contributed by atoms with van der Waals surface area (Å²) in [5.41, 5.74) is 13.2. The molecule has 3 aromatic carbocycles. The maximum atomic E-state index is 3.78. The Morgan fingerprint density at radius 3 is 2.19 bits per heavy atom. The van der Waals surface area contributed by atoms with Crippen molar-refractivity contribution in [2.45, 2.75) is 64.4 Å². The fourth-order valence-corrected chi connectivity index (χ4v) is 14.3. The van der Waals surface area contributed by atoms with Gasteiger partial charge in [-0.05, 0) is 57.1 Å². The summed E-state index contributed by atoms with van der Waals surface area (Å²) in [6.45, 7) is 17.1. The quantitative estimate of drug-likeness (QED) is 0.114. The van der Waals surface area contributed by atoms with Crippen LogP contribution in [0.4, 0.5) is 0 Å². The van der Waals surface area contributed by atoms with Gasteiger partial charge < -0.3 is 0 Å². The molecule has 0 nitrogen and oxygen atoms in total. The monoisotopic (exact) mass is 636 g/mol. The Morgan fingerprint density at radius 2 is 1.51 bits per heavy atom. The number of benzene rings is 3. The summed E-state index contributed by atoms with van der Waals surface area (Å²) in [6.07, 6.45) is 18.4. The second kappa shape index (κ2) is 13.9. The molecular formula is C40H38FeP2. The number of rotatable bonds is 5. The van der Waals surface area contributed by atoms with Crippen LogP contribution >= 0.6 is 15.8 Å². The molecule has 2 radical (unpaired) electrons. The zero-order valence-corrected chi connectivity index (χ0v) is 29.0. The van der Waals surface area contributed by atoms with E-state index in [1.165, 1.54) is 42.7 Å². The maximum Gasteiger partial charge on any atom is 2.00 e. The van der Waals surface area contributed by atoms with E-state index in [2.05, 4.69) is 181 Å². The first-order chi connectivity index (χ1) is 20.1. The average molecular weight is 637 g/mol. The fourth-order valence-electron chi connectivity index (χ4n) is 6.55. The van der Waals surface area contributed by atoms with Crippen LogP contribution in [-0.4, -0.2) is 16.0 Å². The van der Waals surface area contributed by atoms with Gasteiger partial charge in [0.05, 0.1) is 0 Å². The van der Waals surface area contributed by atoms with E-state index in [1.807, 2.05) is 0 Å². The Morgan fingerprint density at radius 1 is 0.814 bits per heavy atom. The molecule has 0 bridgehead atoms. The molecule has 0 saturated heterocycles. The molecule has 0 aliphatic heterocycles. The Hall–Kier alpha value is -2.75. The van der Waals surface area contributed by atoms with E-state index in [1.54, 1.807) is 0 Å². The molecule has 1 unspecified atom stereocenters. The zero-order valence-electron chi connectivity index (χ0n) is 26.1. The summed E-state index contributed by atoms with van der Waals surface area (Å²) in [5.74, 6) is 0. The van der Waals surface area contributed by atoms with E-state index in [9.17, 15) is 0 Å². The third-order valence-corrected chi connectivity index (χ3v) is 14.1. The van der Waals surface area contributed by atoms with Gasteiger partial charge >= 0.3 is 17.1 Å². The van der Waals surface area contributed by atoms with Crippen molar-refractivity contribution in [2.75, 3.05) is 0 Å². The van der Waals surface area contributed by atoms with Gasteiger partial charge in [0.2, 0.25) is 0 Å². The van der Waals surface area contributed by atoms with Crippen molar-refractivity contribution in [2.24, 2.45) is 0 Å². The molecule has 0 aromatic heterocycles. The van der Waals surface area contributed by atoms with Crippen LogP contribution in [0.2, 0.25) is 0 Å². The summed E-state index contributed by atoms with van der Waals surface area (Å²) in [4.78, 5) is 0. The first-order valence-electron chi connectivity index (χ1n) is 14.5. The molecule has 3 aromatic rings. The van der Waals surface area contributed by atoms with Crippen molar-refractivity contribution in [1.82, 2.24) is 0 Å². The second-order valence-electron chi connectivity index (χ2n) is 12.6. The van der Waals surface area contributed by atoms with Crippen LogP contribution in [-0.2, 0) is 17.1 Å². The van der Waals surface area contributed by atoms with E-state index in [0.717, 1.165) is 0 Å². The third kappa shape index (κ3) is 7.32. The molecule has 3 heteroatoms. The van der Waals surface area contributed by atoms with Crippen molar-refractivity contribution in [1.29, 1.82) is 0 Å². The van der Waals surface area contributed by atoms with Crippen molar-refractivity contribution < 1.29 is 17.1 Å². The molecule has 43 heavy (non-hydrogen) atoms. The summed E-state index contributed by atoms with van der Waals surface area (Å²) >= 11 is 0. The first-order valence-corrected chi connectivity index (χ1v) is 17.3. The SMILES string of the molecule is C[C@H](C1=C=CC=C1P(c1cccc2c1=C[CH][CH-]C=2)c1cccc2ccccc12)P(C(C)(C)C)C(C)(C)C.[C]1=C=C=C=[C-]1.[Fe+2]. The minimum absolute atomic E-state index is 0. The molecule has 0 saturated carbocycles. The van der Waals surface area contributed by atoms with Gasteiger partial charge in [-0.1, -0.05) is 123 Å². The second-order valence-corrected chi connectivity index (χ2v) is 18.9. The third-order valence-electron chi connectivity index (χ3n) is 7.57. The largest absolute Gasteiger partial charge is 2.00 e. The van der Waals surface area contributed by atoms with Gasteiger partial charge in [0.15, 0.2) is 0 Å². The number of fused-ring (bicyclic) bond motifs is 2. The molecule has 0 N–H and O–H groups in total. The molecule has 2 atom stereocenters. The van der Waals surface area contributed by atoms with Gasteiger partial charge in [0, 0.05) is 11.2 Å². The van der Waals surface area contributed by atoms with Crippen LogP contribution in [0.3, 0.4) is 0 Å². The predicted molar refractivity (Wildman–Crippen MR) is 186 cm³/mol. The van der Waals surface area contributed by atoms with Gasteiger partial charge in [-0.3, -0.25) is 11.5 Å². The standard InChI is InChI=1S/C35H38P2.C5.Fe/c1-25(37(34(2,3)4)35(5,6)7)28-21-14-24-31(28)36(32-22-12-17-26-15-8-10-19-29(26)32)33-23-13-18-27-16-9-11-20-30(27)33;1-2-4-5-3-1;/h8-20,22-25H,1-7H3;;/q2*-1;+2/t25-;;/m1../s1. The summed E-state index contributed by atoms with van der Waals surface area (Å²) < 4.78 is 0. The van der Waals surface area contributed by atoms with Gasteiger partial charge in [0.25, 0.3) is 0 Å². The van der Waals surface area contributed by atoms with Crippen LogP contribution in [0.5, 0.6) is 0 Å². The maximum absolute atomic E-state index is 3.78. The topological polar surface area (TPSA) is 0 Å². The molecule has 3 aliphatic rings. The first kappa shape index (κ1) is 33.1. The van der Waals surface area contributed by atoms with Crippen LogP contribution in [0.15, 0.2) is 107 Å². The minimum atomic E-state index is -0.779. The fraction of sp³-hybridized carbons (Fsp3) is 0.250. The van der Waals surface area contributed by atoms with E-state index >= 15 is 0 Å². The zero-order chi connectivity index (χ0) is 29.9. The van der Waals surface area contributed by atoms with E-state index in [0.29, 0.717) is 5.66 Å². The predicted octanol–water partition coefficient (Wildman–Crippen LogP) is 8.33. The summed E-state index contributed by atoms with van der Waals surface area (Å²) in [6, 6.07) is 22.6. The molecule has 3 aliphatic carbocycles. The van der Waals surface area contributed by atoms with Crippen LogP contribution < -0.4 is 21.0 Å². The summed E-state index contributed by atoms with van der Waals surface area (Å²) in [5, 5.41) is 10.2. The Labute approximate surface area is 271 Å². The molecule has 0 amide bonds. The molecular weight excluding hydrogens is 598 g/mol. The van der Waals surface area contributed by atoms with Gasteiger partial charge in [-0.25, -0.2) is 18.2 Å². The molecule has 6 rings (SSSR count). The van der Waals surface area contributed by atoms with Gasteiger partial charge in [0.1, 0.15) is 0 Å². The average Bonchev–Trinajstić information content (AvgIpc) is 3.68. The van der Waals surface area contributed by atoms with E-state index in [4.69, 9.17) is 0 Å². The van der Waals surface area contributed by atoms with Crippen LogP contribution in [0, 0.1) is 25.0 Å². The number of allylic oxidation sites excluding steroid dienone is 5. The Bertz CT molecular complexity index is 1830. The normalized spacial score (nSPS) is 15.8. The van der Waals surface area contributed by atoms with Gasteiger partial charge in [-0.2, -0.15) is 5.22 Å². The Balaban J connectivity index is 0.000000641. The number of hydrogen-bond donors (Lipinski definition) is 0. The van der Waals surface area contributed by atoms with Crippen LogP contribution in [0.1, 0.15) is 48.5 Å². The van der Waals surface area contributed by atoms with E-state index in [-0.39, 0.29) is 35.3 Å².